The zero-order chi connectivity index (χ0) is 12.5. The van der Waals surface area contributed by atoms with Crippen molar-refractivity contribution in [2.45, 2.75) is 50.7 Å². The number of amides is 1. The van der Waals surface area contributed by atoms with Crippen LogP contribution in [0.5, 0.6) is 0 Å². The number of hydrogen-bond donors (Lipinski definition) is 2. The fraction of sp³-hybridized carbons (Fsp3) is 0.833. The highest BCUT2D eigenvalue weighted by molar-refractivity contribution is 5.95. The average molecular weight is 241 g/mol. The number of ether oxygens (including phenoxy) is 1. The van der Waals surface area contributed by atoms with Crippen LogP contribution in [0.1, 0.15) is 39.0 Å². The van der Waals surface area contributed by atoms with E-state index in [0.717, 1.165) is 12.8 Å². The molecule has 0 aromatic heterocycles. The fourth-order valence-corrected chi connectivity index (χ4v) is 2.58. The van der Waals surface area contributed by atoms with Gasteiger partial charge < -0.3 is 15.2 Å². The number of hydrogen-bond acceptors (Lipinski definition) is 3. The molecule has 17 heavy (non-hydrogen) atoms. The number of ketones is 1. The number of rotatable bonds is 5. The number of carbonyl (C=O) groups excluding carboxylic acids is 1. The van der Waals surface area contributed by atoms with Gasteiger partial charge in [-0.3, -0.25) is 4.79 Å². The number of Topliss-reactive ketones (excluding diaryl/α,β-unsaturated/α-hetero) is 1. The van der Waals surface area contributed by atoms with Crippen molar-refractivity contribution < 1.29 is 19.4 Å². The highest BCUT2D eigenvalue weighted by atomic mass is 16.6. The van der Waals surface area contributed by atoms with Crippen LogP contribution < -0.4 is 5.32 Å². The summed E-state index contributed by atoms with van der Waals surface area (Å²) in [5.41, 5.74) is -0.744. The molecule has 0 radical (unpaired) electrons. The van der Waals surface area contributed by atoms with Gasteiger partial charge in [0.15, 0.2) is 5.78 Å². The standard InChI is InChI=1S/C12H19NO4/c1-12(7-17-12)10(14)9(13-11(15)16)6-8-4-2-3-5-8/h8-9,13H,2-7H2,1H3,(H,15,16)/t9-,12-/m0/s1. The Labute approximate surface area is 101 Å². The lowest BCUT2D eigenvalue weighted by atomic mass is 9.91. The van der Waals surface area contributed by atoms with Gasteiger partial charge in [-0.1, -0.05) is 25.7 Å². The van der Waals surface area contributed by atoms with E-state index in [4.69, 9.17) is 9.84 Å². The maximum absolute atomic E-state index is 12.1. The summed E-state index contributed by atoms with van der Waals surface area (Å²) in [6, 6.07) is -0.608. The van der Waals surface area contributed by atoms with Gasteiger partial charge in [0.2, 0.25) is 0 Å². The second kappa shape index (κ2) is 4.64. The van der Waals surface area contributed by atoms with E-state index in [-0.39, 0.29) is 5.78 Å². The summed E-state index contributed by atoms with van der Waals surface area (Å²) in [5.74, 6) is 0.352. The van der Waals surface area contributed by atoms with Crippen molar-refractivity contribution in [3.05, 3.63) is 0 Å². The van der Waals surface area contributed by atoms with Crippen molar-refractivity contribution in [1.29, 1.82) is 0 Å². The van der Waals surface area contributed by atoms with Crippen molar-refractivity contribution in [3.63, 3.8) is 0 Å². The molecule has 2 aliphatic rings. The Hall–Kier alpha value is -1.10. The zero-order valence-electron chi connectivity index (χ0n) is 10.1. The Morgan fingerprint density at radius 1 is 1.47 bits per heavy atom. The van der Waals surface area contributed by atoms with Crippen molar-refractivity contribution in [2.75, 3.05) is 6.61 Å². The summed E-state index contributed by atoms with van der Waals surface area (Å²) in [5, 5.41) is 11.1. The highest BCUT2D eigenvalue weighted by Crippen LogP contribution is 2.33. The topological polar surface area (TPSA) is 78.9 Å². The summed E-state index contributed by atoms with van der Waals surface area (Å²) in [6.45, 7) is 2.13. The third-order valence-electron chi connectivity index (χ3n) is 3.76. The Balaban J connectivity index is 1.96. The predicted octanol–water partition coefficient (Wildman–Crippen LogP) is 1.56. The van der Waals surface area contributed by atoms with Gasteiger partial charge in [-0.05, 0) is 19.3 Å². The normalized spacial score (nSPS) is 29.9. The van der Waals surface area contributed by atoms with E-state index in [1.165, 1.54) is 12.8 Å². The van der Waals surface area contributed by atoms with Crippen LogP contribution in [-0.4, -0.2) is 35.2 Å². The zero-order valence-corrected chi connectivity index (χ0v) is 10.1. The molecule has 1 aliphatic carbocycles. The first-order valence-corrected chi connectivity index (χ1v) is 6.19. The van der Waals surface area contributed by atoms with Crippen LogP contribution >= 0.6 is 0 Å². The minimum Gasteiger partial charge on any atom is -0.465 e. The maximum Gasteiger partial charge on any atom is 0.405 e. The first kappa shape index (κ1) is 12.4. The molecule has 2 atom stereocenters. The number of carboxylic acid groups (broad SMARTS) is 1. The first-order chi connectivity index (χ1) is 8.01. The minimum atomic E-state index is -1.13. The summed E-state index contributed by atoms with van der Waals surface area (Å²) >= 11 is 0. The molecule has 0 unspecified atom stereocenters. The van der Waals surface area contributed by atoms with Gasteiger partial charge in [0.1, 0.15) is 5.60 Å². The van der Waals surface area contributed by atoms with Crippen LogP contribution in [-0.2, 0) is 9.53 Å². The number of nitrogens with one attached hydrogen (secondary N) is 1. The van der Waals surface area contributed by atoms with Crippen LogP contribution in [0, 0.1) is 5.92 Å². The van der Waals surface area contributed by atoms with Gasteiger partial charge in [0.05, 0.1) is 12.6 Å². The monoisotopic (exact) mass is 241 g/mol. The minimum absolute atomic E-state index is 0.119. The molecular formula is C12H19NO4. The van der Waals surface area contributed by atoms with Gasteiger partial charge in [-0.2, -0.15) is 0 Å². The molecule has 1 heterocycles. The quantitative estimate of drug-likeness (QED) is 0.716. The SMILES string of the molecule is C[C@@]1(C(=O)[C@H](CC2CCCC2)NC(=O)O)CO1. The van der Waals surface area contributed by atoms with Crippen LogP contribution in [0.15, 0.2) is 0 Å². The van der Waals surface area contributed by atoms with E-state index >= 15 is 0 Å². The molecule has 1 saturated carbocycles. The van der Waals surface area contributed by atoms with Crippen molar-refractivity contribution >= 4 is 11.9 Å². The second-order valence-corrected chi connectivity index (χ2v) is 5.27. The fourth-order valence-electron chi connectivity index (χ4n) is 2.58. The average Bonchev–Trinajstić information content (AvgIpc) is 2.80. The molecule has 1 amide bonds. The first-order valence-electron chi connectivity index (χ1n) is 6.19. The van der Waals surface area contributed by atoms with Crippen molar-refractivity contribution in [3.8, 4) is 0 Å². The van der Waals surface area contributed by atoms with Gasteiger partial charge >= 0.3 is 6.09 Å². The summed E-state index contributed by atoms with van der Waals surface area (Å²) in [6.07, 6.45) is 4.06. The van der Waals surface area contributed by atoms with Crippen LogP contribution in [0.25, 0.3) is 0 Å². The highest BCUT2D eigenvalue weighted by Gasteiger charge is 2.50. The van der Waals surface area contributed by atoms with Crippen LogP contribution in [0.4, 0.5) is 4.79 Å². The predicted molar refractivity (Wildman–Crippen MR) is 60.9 cm³/mol. The third-order valence-corrected chi connectivity index (χ3v) is 3.76. The lowest BCUT2D eigenvalue weighted by Gasteiger charge is -2.20. The molecule has 1 aliphatic heterocycles. The Kier molecular flexibility index (Phi) is 3.38. The smallest absolute Gasteiger partial charge is 0.405 e. The number of epoxide rings is 1. The molecule has 5 nitrogen and oxygen atoms in total. The van der Waals surface area contributed by atoms with Gasteiger partial charge in [-0.15, -0.1) is 0 Å². The Bertz CT molecular complexity index is 318. The van der Waals surface area contributed by atoms with E-state index in [2.05, 4.69) is 5.32 Å². The Morgan fingerprint density at radius 2 is 2.06 bits per heavy atom. The lowest BCUT2D eigenvalue weighted by molar-refractivity contribution is -0.125. The van der Waals surface area contributed by atoms with Gasteiger partial charge in [0, 0.05) is 0 Å². The van der Waals surface area contributed by atoms with E-state index in [0.29, 0.717) is 18.9 Å². The molecule has 2 fully saturated rings. The van der Waals surface area contributed by atoms with Crippen molar-refractivity contribution in [1.82, 2.24) is 5.32 Å². The van der Waals surface area contributed by atoms with Gasteiger partial charge in [-0.25, -0.2) is 4.79 Å². The number of carbonyl (C=O) groups is 2. The molecule has 96 valence electrons. The summed E-state index contributed by atoms with van der Waals surface area (Å²) in [4.78, 5) is 22.8. The molecule has 5 heteroatoms. The van der Waals surface area contributed by atoms with Crippen LogP contribution in [0.3, 0.4) is 0 Å². The maximum atomic E-state index is 12.1. The Morgan fingerprint density at radius 3 is 2.53 bits per heavy atom. The summed E-state index contributed by atoms with van der Waals surface area (Å²) in [7, 11) is 0. The third kappa shape index (κ3) is 2.97. The molecule has 0 aromatic rings. The lowest BCUT2D eigenvalue weighted by Crippen LogP contribution is -2.46. The molecule has 1 saturated heterocycles. The summed E-state index contributed by atoms with van der Waals surface area (Å²) < 4.78 is 5.10. The largest absolute Gasteiger partial charge is 0.465 e. The van der Waals surface area contributed by atoms with Crippen molar-refractivity contribution in [2.24, 2.45) is 5.92 Å². The molecule has 0 spiro atoms. The molecule has 2 rings (SSSR count). The molecule has 0 bridgehead atoms. The molecule has 2 N–H and O–H groups in total. The van der Waals surface area contributed by atoms with E-state index in [9.17, 15) is 9.59 Å². The van der Waals surface area contributed by atoms with E-state index < -0.39 is 17.7 Å². The van der Waals surface area contributed by atoms with Gasteiger partial charge in [0.25, 0.3) is 0 Å². The molecule has 0 aromatic carbocycles. The molecular weight excluding hydrogens is 222 g/mol. The second-order valence-electron chi connectivity index (χ2n) is 5.27. The van der Waals surface area contributed by atoms with E-state index in [1.54, 1.807) is 6.92 Å². The van der Waals surface area contributed by atoms with E-state index in [1.807, 2.05) is 0 Å². The van der Waals surface area contributed by atoms with Crippen LogP contribution in [0.2, 0.25) is 0 Å².